The monoisotopic (exact) mass is 407 g/mol. The highest BCUT2D eigenvalue weighted by Crippen LogP contribution is 2.29. The summed E-state index contributed by atoms with van der Waals surface area (Å²) in [5.74, 6) is 0.159. The second kappa shape index (κ2) is 10.1. The van der Waals surface area contributed by atoms with Crippen LogP contribution >= 0.6 is 0 Å². The van der Waals surface area contributed by atoms with Crippen LogP contribution in [0.3, 0.4) is 0 Å². The van der Waals surface area contributed by atoms with Gasteiger partial charge in [0.25, 0.3) is 5.91 Å². The number of anilines is 1. The molecule has 0 radical (unpaired) electrons. The summed E-state index contributed by atoms with van der Waals surface area (Å²) in [4.78, 5) is 26.2. The summed E-state index contributed by atoms with van der Waals surface area (Å²) in [6, 6.07) is 15.6. The summed E-state index contributed by atoms with van der Waals surface area (Å²) < 4.78 is 15.9. The van der Waals surface area contributed by atoms with Crippen molar-refractivity contribution in [3.8, 4) is 17.6 Å². The lowest BCUT2D eigenvalue weighted by Gasteiger charge is -2.26. The third-order valence-electron chi connectivity index (χ3n) is 4.37. The van der Waals surface area contributed by atoms with Gasteiger partial charge in [0.1, 0.15) is 11.6 Å². The Balaban J connectivity index is 1.74. The topological polar surface area (TPSA) is 101 Å². The summed E-state index contributed by atoms with van der Waals surface area (Å²) in [6.07, 6.45) is 0.816. The highest BCUT2D eigenvalue weighted by atomic mass is 16.6. The Kier molecular flexibility index (Phi) is 7.03. The van der Waals surface area contributed by atoms with Crippen LogP contribution < -0.4 is 14.8 Å². The van der Waals surface area contributed by atoms with E-state index < -0.39 is 6.09 Å². The van der Waals surface area contributed by atoms with Gasteiger partial charge in [0.05, 0.1) is 20.3 Å². The summed E-state index contributed by atoms with van der Waals surface area (Å²) >= 11 is 0. The second-order valence-corrected chi connectivity index (χ2v) is 6.37. The Morgan fingerprint density at radius 2 is 1.87 bits per heavy atom. The molecule has 0 atom stereocenters. The first kappa shape index (κ1) is 20.9. The first-order valence-corrected chi connectivity index (χ1v) is 9.31. The molecule has 0 aromatic heterocycles. The molecule has 1 N–H and O–H groups in total. The van der Waals surface area contributed by atoms with E-state index in [1.165, 1.54) is 13.2 Å². The van der Waals surface area contributed by atoms with Crippen molar-refractivity contribution in [1.29, 1.82) is 5.26 Å². The van der Waals surface area contributed by atoms with E-state index in [0.717, 1.165) is 0 Å². The molecule has 0 spiro atoms. The number of amides is 2. The Labute approximate surface area is 174 Å². The average molecular weight is 407 g/mol. The van der Waals surface area contributed by atoms with Crippen molar-refractivity contribution < 1.29 is 23.8 Å². The molecule has 1 fully saturated rings. The SMILES string of the molecule is COc1cc(/C=C(\C#N)C(=O)N2CCOCC2)ccc1OC(=O)Nc1ccccc1. The van der Waals surface area contributed by atoms with Gasteiger partial charge in [-0.25, -0.2) is 4.79 Å². The fourth-order valence-corrected chi connectivity index (χ4v) is 2.87. The number of hydrogen-bond acceptors (Lipinski definition) is 6. The van der Waals surface area contributed by atoms with E-state index in [1.807, 2.05) is 12.1 Å². The summed E-state index contributed by atoms with van der Waals surface area (Å²) in [5, 5.41) is 12.0. The minimum absolute atomic E-state index is 0.00874. The molecule has 154 valence electrons. The average Bonchev–Trinajstić information content (AvgIpc) is 2.79. The summed E-state index contributed by atoms with van der Waals surface area (Å²) in [7, 11) is 1.44. The number of carbonyl (C=O) groups excluding carboxylic acids is 2. The lowest BCUT2D eigenvalue weighted by Crippen LogP contribution is -2.41. The molecule has 0 saturated carbocycles. The molecule has 2 amide bonds. The van der Waals surface area contributed by atoms with E-state index in [4.69, 9.17) is 14.2 Å². The van der Waals surface area contributed by atoms with Gasteiger partial charge in [-0.1, -0.05) is 24.3 Å². The number of nitriles is 1. The fourth-order valence-electron chi connectivity index (χ4n) is 2.87. The molecule has 8 nitrogen and oxygen atoms in total. The smallest absolute Gasteiger partial charge is 0.417 e. The van der Waals surface area contributed by atoms with Crippen molar-refractivity contribution in [2.24, 2.45) is 0 Å². The van der Waals surface area contributed by atoms with Crippen LogP contribution in [0.25, 0.3) is 6.08 Å². The molecule has 2 aromatic carbocycles. The van der Waals surface area contributed by atoms with Gasteiger partial charge in [0, 0.05) is 18.8 Å². The van der Waals surface area contributed by atoms with Crippen molar-refractivity contribution in [3.05, 3.63) is 59.7 Å². The van der Waals surface area contributed by atoms with Gasteiger partial charge in [-0.3, -0.25) is 10.1 Å². The number of nitrogens with one attached hydrogen (secondary N) is 1. The fraction of sp³-hybridized carbons (Fsp3) is 0.227. The predicted octanol–water partition coefficient (Wildman–Crippen LogP) is 3.07. The van der Waals surface area contributed by atoms with Crippen molar-refractivity contribution in [2.45, 2.75) is 0 Å². The first-order chi connectivity index (χ1) is 14.6. The lowest BCUT2D eigenvalue weighted by molar-refractivity contribution is -0.130. The van der Waals surface area contributed by atoms with Crippen molar-refractivity contribution in [1.82, 2.24) is 4.90 Å². The Morgan fingerprint density at radius 1 is 1.13 bits per heavy atom. The zero-order valence-corrected chi connectivity index (χ0v) is 16.5. The van der Waals surface area contributed by atoms with Gasteiger partial charge in [0.2, 0.25) is 0 Å². The van der Waals surface area contributed by atoms with Crippen LogP contribution in [0.1, 0.15) is 5.56 Å². The van der Waals surface area contributed by atoms with Crippen LogP contribution in [-0.4, -0.2) is 50.3 Å². The van der Waals surface area contributed by atoms with E-state index in [2.05, 4.69) is 5.32 Å². The third-order valence-corrected chi connectivity index (χ3v) is 4.37. The number of rotatable bonds is 5. The normalized spacial score (nSPS) is 13.9. The van der Waals surface area contributed by atoms with Crippen LogP contribution in [0, 0.1) is 11.3 Å². The van der Waals surface area contributed by atoms with E-state index in [-0.39, 0.29) is 17.2 Å². The molecule has 1 saturated heterocycles. The highest BCUT2D eigenvalue weighted by molar-refractivity contribution is 6.01. The van der Waals surface area contributed by atoms with Gasteiger partial charge in [0.15, 0.2) is 11.5 Å². The van der Waals surface area contributed by atoms with Gasteiger partial charge in [-0.15, -0.1) is 0 Å². The Morgan fingerprint density at radius 3 is 2.53 bits per heavy atom. The molecule has 0 aliphatic carbocycles. The minimum atomic E-state index is -0.664. The summed E-state index contributed by atoms with van der Waals surface area (Å²) in [5.41, 5.74) is 1.18. The number of benzene rings is 2. The van der Waals surface area contributed by atoms with Gasteiger partial charge < -0.3 is 19.1 Å². The second-order valence-electron chi connectivity index (χ2n) is 6.37. The van der Waals surface area contributed by atoms with Crippen molar-refractivity contribution in [2.75, 3.05) is 38.7 Å². The van der Waals surface area contributed by atoms with Gasteiger partial charge >= 0.3 is 6.09 Å². The highest BCUT2D eigenvalue weighted by Gasteiger charge is 2.21. The maximum Gasteiger partial charge on any atom is 0.417 e. The van der Waals surface area contributed by atoms with Crippen molar-refractivity contribution >= 4 is 23.8 Å². The number of morpholine rings is 1. The van der Waals surface area contributed by atoms with Crippen LogP contribution in [0.4, 0.5) is 10.5 Å². The lowest BCUT2D eigenvalue weighted by atomic mass is 10.1. The molecule has 2 aromatic rings. The molecule has 0 unspecified atom stereocenters. The largest absolute Gasteiger partial charge is 0.493 e. The molecule has 3 rings (SSSR count). The standard InChI is InChI=1S/C22H21N3O5/c1-28-20-14-16(13-17(15-23)21(26)25-9-11-29-12-10-25)7-8-19(20)30-22(27)24-18-5-3-2-4-6-18/h2-8,13-14H,9-12H2,1H3,(H,24,27)/b17-13+. The molecular weight excluding hydrogens is 386 g/mol. The van der Waals surface area contributed by atoms with E-state index in [0.29, 0.717) is 43.3 Å². The maximum absolute atomic E-state index is 12.5. The number of methoxy groups -OCH3 is 1. The quantitative estimate of drug-likeness (QED) is 0.604. The zero-order chi connectivity index (χ0) is 21.3. The molecule has 1 heterocycles. The van der Waals surface area contributed by atoms with Gasteiger partial charge in [-0.05, 0) is 35.9 Å². The summed E-state index contributed by atoms with van der Waals surface area (Å²) in [6.45, 7) is 1.81. The number of ether oxygens (including phenoxy) is 3. The first-order valence-electron chi connectivity index (χ1n) is 9.31. The molecule has 30 heavy (non-hydrogen) atoms. The van der Waals surface area contributed by atoms with E-state index in [1.54, 1.807) is 47.4 Å². The van der Waals surface area contributed by atoms with Crippen LogP contribution in [-0.2, 0) is 9.53 Å². The van der Waals surface area contributed by atoms with E-state index in [9.17, 15) is 14.9 Å². The zero-order valence-electron chi connectivity index (χ0n) is 16.5. The molecule has 1 aliphatic heterocycles. The predicted molar refractivity (Wildman–Crippen MR) is 110 cm³/mol. The number of nitrogens with zero attached hydrogens (tertiary/aromatic N) is 2. The van der Waals surface area contributed by atoms with Gasteiger partial charge in [-0.2, -0.15) is 5.26 Å². The van der Waals surface area contributed by atoms with Crippen LogP contribution in [0.2, 0.25) is 0 Å². The molecule has 0 bridgehead atoms. The third kappa shape index (κ3) is 5.37. The Hall–Kier alpha value is -3.83. The number of para-hydroxylation sites is 1. The molecule has 8 heteroatoms. The van der Waals surface area contributed by atoms with Crippen LogP contribution in [0.15, 0.2) is 54.1 Å². The van der Waals surface area contributed by atoms with E-state index >= 15 is 0 Å². The van der Waals surface area contributed by atoms with Crippen molar-refractivity contribution in [3.63, 3.8) is 0 Å². The maximum atomic E-state index is 12.5. The minimum Gasteiger partial charge on any atom is -0.493 e. The number of hydrogen-bond donors (Lipinski definition) is 1. The van der Waals surface area contributed by atoms with Crippen LogP contribution in [0.5, 0.6) is 11.5 Å². The number of carbonyl (C=O) groups is 2. The molecular formula is C22H21N3O5. The molecule has 1 aliphatic rings. The Bertz CT molecular complexity index is 976.